The third kappa shape index (κ3) is 3.85. The predicted octanol–water partition coefficient (Wildman–Crippen LogP) is 5.98. The summed E-state index contributed by atoms with van der Waals surface area (Å²) in [6.45, 7) is 4.72. The van der Waals surface area contributed by atoms with E-state index in [4.69, 9.17) is 9.47 Å². The van der Waals surface area contributed by atoms with Crippen LogP contribution in [0.25, 0.3) is 10.9 Å². The third-order valence-corrected chi connectivity index (χ3v) is 6.78. The first-order valence-corrected chi connectivity index (χ1v) is 11.5. The zero-order valence-electron chi connectivity index (χ0n) is 19.9. The number of benzene rings is 3. The fourth-order valence-electron chi connectivity index (χ4n) is 4.76. The van der Waals surface area contributed by atoms with E-state index in [9.17, 15) is 4.79 Å². The molecule has 3 aromatic carbocycles. The van der Waals surface area contributed by atoms with Crippen molar-refractivity contribution in [1.82, 2.24) is 9.88 Å². The molecular formula is C28H29N3O3. The second-order valence-electron chi connectivity index (χ2n) is 8.78. The van der Waals surface area contributed by atoms with E-state index in [1.807, 2.05) is 59.5 Å². The van der Waals surface area contributed by atoms with Crippen LogP contribution in [0.4, 0.5) is 10.5 Å². The maximum Gasteiger partial charge on any atom is 0.322 e. The molecule has 2 heterocycles. The highest BCUT2D eigenvalue weighted by Crippen LogP contribution is 2.40. The Bertz CT molecular complexity index is 1360. The smallest absolute Gasteiger partial charge is 0.322 e. The number of nitrogens with one attached hydrogen (secondary N) is 2. The van der Waals surface area contributed by atoms with Gasteiger partial charge in [0.15, 0.2) is 0 Å². The van der Waals surface area contributed by atoms with E-state index in [-0.39, 0.29) is 12.1 Å². The molecule has 0 unspecified atom stereocenters. The minimum atomic E-state index is -0.250. The van der Waals surface area contributed by atoms with Crippen molar-refractivity contribution < 1.29 is 14.3 Å². The Morgan fingerprint density at radius 2 is 1.68 bits per heavy atom. The van der Waals surface area contributed by atoms with Gasteiger partial charge in [0, 0.05) is 28.8 Å². The van der Waals surface area contributed by atoms with E-state index in [0.29, 0.717) is 6.54 Å². The zero-order valence-corrected chi connectivity index (χ0v) is 19.9. The molecule has 5 rings (SSSR count). The van der Waals surface area contributed by atoms with Crippen LogP contribution in [-0.4, -0.2) is 36.7 Å². The molecule has 6 heteroatoms. The number of fused-ring (bicyclic) bond motifs is 3. The Morgan fingerprint density at radius 3 is 2.38 bits per heavy atom. The molecule has 0 bridgehead atoms. The Kier molecular flexibility index (Phi) is 5.65. The molecule has 6 nitrogen and oxygen atoms in total. The molecule has 0 aliphatic carbocycles. The first-order valence-electron chi connectivity index (χ1n) is 11.5. The number of urea groups is 1. The van der Waals surface area contributed by atoms with Crippen molar-refractivity contribution in [3.63, 3.8) is 0 Å². The van der Waals surface area contributed by atoms with E-state index in [2.05, 4.69) is 30.2 Å². The molecule has 0 saturated carbocycles. The van der Waals surface area contributed by atoms with Crippen LogP contribution in [0.15, 0.2) is 60.7 Å². The van der Waals surface area contributed by atoms with Crippen molar-refractivity contribution >= 4 is 22.6 Å². The average Bonchev–Trinajstić information content (AvgIpc) is 3.23. The average molecular weight is 456 g/mol. The van der Waals surface area contributed by atoms with Crippen LogP contribution >= 0.6 is 0 Å². The number of rotatable bonds is 4. The maximum absolute atomic E-state index is 13.6. The molecule has 4 aromatic rings. The summed E-state index contributed by atoms with van der Waals surface area (Å²) in [6.07, 6.45) is 0.759. The van der Waals surface area contributed by atoms with Crippen molar-refractivity contribution in [3.05, 3.63) is 88.6 Å². The molecule has 0 radical (unpaired) electrons. The number of aromatic amines is 1. The van der Waals surface area contributed by atoms with Crippen LogP contribution in [0.2, 0.25) is 0 Å². The van der Waals surface area contributed by atoms with Crippen LogP contribution in [0, 0.1) is 13.8 Å². The first kappa shape index (κ1) is 21.9. The molecule has 2 amide bonds. The SMILES string of the molecule is COc1ccc([C@@H]2c3[nH]c4ccc(OC)cc4c3CCN2C(=O)Nc2ccc(C)c(C)c2)cc1. The van der Waals surface area contributed by atoms with Gasteiger partial charge in [0.2, 0.25) is 0 Å². The molecule has 1 aliphatic rings. The number of hydrogen-bond acceptors (Lipinski definition) is 3. The number of carbonyl (C=O) groups excluding carboxylic acids is 1. The maximum atomic E-state index is 13.6. The number of H-pyrrole nitrogens is 1. The fourth-order valence-corrected chi connectivity index (χ4v) is 4.76. The van der Waals surface area contributed by atoms with Gasteiger partial charge in [0.25, 0.3) is 0 Å². The molecule has 174 valence electrons. The summed E-state index contributed by atoms with van der Waals surface area (Å²) in [4.78, 5) is 19.1. The second kappa shape index (κ2) is 8.78. The highest BCUT2D eigenvalue weighted by molar-refractivity contribution is 5.92. The molecule has 1 atom stereocenters. The standard InChI is InChI=1S/C28H29N3O3/c1-17-5-8-20(15-18(17)2)29-28(32)31-14-13-23-24-16-22(34-4)11-12-25(24)30-26(23)27(31)19-6-9-21(33-3)10-7-19/h5-12,15-16,27,30H,13-14H2,1-4H3,(H,29,32)/t27-/m1/s1. The van der Waals surface area contributed by atoms with Crippen LogP contribution in [0.5, 0.6) is 11.5 Å². The number of anilines is 1. The van der Waals surface area contributed by atoms with Gasteiger partial charge in [0.05, 0.1) is 20.3 Å². The van der Waals surface area contributed by atoms with E-state index >= 15 is 0 Å². The van der Waals surface area contributed by atoms with Crippen LogP contribution < -0.4 is 14.8 Å². The quantitative estimate of drug-likeness (QED) is 0.398. The Morgan fingerprint density at radius 1 is 0.941 bits per heavy atom. The topological polar surface area (TPSA) is 66.6 Å². The molecule has 0 saturated heterocycles. The fraction of sp³-hybridized carbons (Fsp3) is 0.250. The summed E-state index contributed by atoms with van der Waals surface area (Å²) in [7, 11) is 3.33. The Labute approximate surface area is 199 Å². The van der Waals surface area contributed by atoms with E-state index in [1.54, 1.807) is 14.2 Å². The summed E-state index contributed by atoms with van der Waals surface area (Å²) in [5.74, 6) is 1.61. The van der Waals surface area contributed by atoms with Crippen molar-refractivity contribution in [3.8, 4) is 11.5 Å². The number of aromatic nitrogens is 1. The lowest BCUT2D eigenvalue weighted by Gasteiger charge is -2.36. The number of nitrogens with zero attached hydrogens (tertiary/aromatic N) is 1. The van der Waals surface area contributed by atoms with Gasteiger partial charge in [-0.05, 0) is 85.0 Å². The highest BCUT2D eigenvalue weighted by Gasteiger charge is 2.34. The summed E-state index contributed by atoms with van der Waals surface area (Å²) < 4.78 is 10.8. The van der Waals surface area contributed by atoms with Gasteiger partial charge in [0.1, 0.15) is 11.5 Å². The molecule has 0 fully saturated rings. The predicted molar refractivity (Wildman–Crippen MR) is 135 cm³/mol. The summed E-state index contributed by atoms with van der Waals surface area (Å²) in [5.41, 5.74) is 7.48. The lowest BCUT2D eigenvalue weighted by molar-refractivity contribution is 0.193. The van der Waals surface area contributed by atoms with Crippen molar-refractivity contribution in [2.45, 2.75) is 26.3 Å². The van der Waals surface area contributed by atoms with Crippen molar-refractivity contribution in [2.75, 3.05) is 26.1 Å². The van der Waals surface area contributed by atoms with Gasteiger partial charge >= 0.3 is 6.03 Å². The number of methoxy groups -OCH3 is 2. The third-order valence-electron chi connectivity index (χ3n) is 6.78. The van der Waals surface area contributed by atoms with Crippen LogP contribution in [-0.2, 0) is 6.42 Å². The largest absolute Gasteiger partial charge is 0.497 e. The lowest BCUT2D eigenvalue weighted by atomic mass is 9.92. The molecule has 1 aromatic heterocycles. The number of amides is 2. The first-order chi connectivity index (χ1) is 16.5. The van der Waals surface area contributed by atoms with Gasteiger partial charge in [-0.2, -0.15) is 0 Å². The molecule has 34 heavy (non-hydrogen) atoms. The van der Waals surface area contributed by atoms with E-state index in [0.717, 1.165) is 51.3 Å². The molecular weight excluding hydrogens is 426 g/mol. The number of ether oxygens (including phenoxy) is 2. The van der Waals surface area contributed by atoms with Gasteiger partial charge in [-0.3, -0.25) is 0 Å². The van der Waals surface area contributed by atoms with Crippen LogP contribution in [0.3, 0.4) is 0 Å². The lowest BCUT2D eigenvalue weighted by Crippen LogP contribution is -2.43. The second-order valence-corrected chi connectivity index (χ2v) is 8.78. The number of hydrogen-bond donors (Lipinski definition) is 2. The van der Waals surface area contributed by atoms with E-state index < -0.39 is 0 Å². The van der Waals surface area contributed by atoms with Gasteiger partial charge in [-0.1, -0.05) is 18.2 Å². The Balaban J connectivity index is 1.57. The molecule has 2 N–H and O–H groups in total. The van der Waals surface area contributed by atoms with Gasteiger partial charge in [-0.25, -0.2) is 4.79 Å². The Hall–Kier alpha value is -3.93. The summed E-state index contributed by atoms with van der Waals surface area (Å²) >= 11 is 0. The van der Waals surface area contributed by atoms with Crippen LogP contribution in [0.1, 0.15) is 34.0 Å². The monoisotopic (exact) mass is 455 g/mol. The summed E-state index contributed by atoms with van der Waals surface area (Å²) in [5, 5.41) is 4.25. The zero-order chi connectivity index (χ0) is 23.8. The minimum Gasteiger partial charge on any atom is -0.497 e. The molecule has 1 aliphatic heterocycles. The molecule has 0 spiro atoms. The highest BCUT2D eigenvalue weighted by atomic mass is 16.5. The van der Waals surface area contributed by atoms with E-state index in [1.165, 1.54) is 11.1 Å². The van der Waals surface area contributed by atoms with Crippen molar-refractivity contribution in [2.24, 2.45) is 0 Å². The summed E-state index contributed by atoms with van der Waals surface area (Å²) in [6, 6.07) is 19.6. The minimum absolute atomic E-state index is 0.119. The van der Waals surface area contributed by atoms with Crippen molar-refractivity contribution in [1.29, 1.82) is 0 Å². The number of carbonyl (C=O) groups is 1. The van der Waals surface area contributed by atoms with Gasteiger partial charge in [-0.15, -0.1) is 0 Å². The number of aryl methyl sites for hydroxylation is 2. The normalized spacial score (nSPS) is 15.2. The van der Waals surface area contributed by atoms with Gasteiger partial charge < -0.3 is 24.7 Å².